The number of hydrogen-bond donors (Lipinski definition) is 0. The third kappa shape index (κ3) is 3.38. The molecule has 0 saturated carbocycles. The number of nitrogens with zero attached hydrogens (tertiary/aromatic N) is 2. The van der Waals surface area contributed by atoms with Crippen LogP contribution in [0.1, 0.15) is 25.0 Å². The van der Waals surface area contributed by atoms with Crippen LogP contribution in [0.2, 0.25) is 4.34 Å². The molecule has 0 amide bonds. The van der Waals surface area contributed by atoms with Crippen LogP contribution < -0.4 is 0 Å². The fraction of sp³-hybridized carbons (Fsp3) is 0.778. The van der Waals surface area contributed by atoms with Crippen molar-refractivity contribution in [2.75, 3.05) is 13.2 Å². The Balaban J connectivity index is 1.68. The van der Waals surface area contributed by atoms with Gasteiger partial charge < -0.3 is 9.47 Å². The molecule has 1 saturated heterocycles. The van der Waals surface area contributed by atoms with E-state index in [-0.39, 0.29) is 6.10 Å². The molecule has 0 spiro atoms. The Morgan fingerprint density at radius 3 is 3.13 bits per heavy atom. The van der Waals surface area contributed by atoms with Gasteiger partial charge in [0.1, 0.15) is 10.0 Å². The lowest BCUT2D eigenvalue weighted by Crippen LogP contribution is -2.24. The van der Waals surface area contributed by atoms with E-state index >= 15 is 0 Å². The van der Waals surface area contributed by atoms with Gasteiger partial charge in [0, 0.05) is 18.1 Å². The monoisotopic (exact) mass is 248 g/mol. The number of aromatic nitrogens is 2. The maximum atomic E-state index is 5.84. The highest BCUT2D eigenvalue weighted by Crippen LogP contribution is 2.18. The molecule has 0 aliphatic carbocycles. The summed E-state index contributed by atoms with van der Waals surface area (Å²) in [4.78, 5) is 0. The first-order chi connectivity index (χ1) is 7.36. The second-order valence-electron chi connectivity index (χ2n) is 3.50. The van der Waals surface area contributed by atoms with E-state index < -0.39 is 0 Å². The first kappa shape index (κ1) is 11.3. The molecule has 1 fully saturated rings. The van der Waals surface area contributed by atoms with Gasteiger partial charge in [-0.15, -0.1) is 5.10 Å². The molecule has 0 bridgehead atoms. The van der Waals surface area contributed by atoms with Crippen molar-refractivity contribution in [3.63, 3.8) is 0 Å². The average molecular weight is 249 g/mol. The summed E-state index contributed by atoms with van der Waals surface area (Å²) < 4.78 is 15.4. The van der Waals surface area contributed by atoms with Crippen LogP contribution in [0.15, 0.2) is 0 Å². The van der Waals surface area contributed by atoms with Crippen molar-refractivity contribution in [3.05, 3.63) is 10.0 Å². The van der Waals surface area contributed by atoms with E-state index in [2.05, 4.69) is 9.59 Å². The van der Waals surface area contributed by atoms with Gasteiger partial charge in [-0.1, -0.05) is 16.1 Å². The van der Waals surface area contributed by atoms with Crippen molar-refractivity contribution in [1.29, 1.82) is 0 Å². The maximum absolute atomic E-state index is 5.84. The third-order valence-corrected chi connectivity index (χ3v) is 3.31. The van der Waals surface area contributed by atoms with E-state index in [0.29, 0.717) is 17.6 Å². The van der Waals surface area contributed by atoms with Gasteiger partial charge in [-0.3, -0.25) is 0 Å². The molecule has 1 atom stereocenters. The van der Waals surface area contributed by atoms with Crippen LogP contribution in [0.3, 0.4) is 0 Å². The topological polar surface area (TPSA) is 44.2 Å². The number of halogens is 1. The summed E-state index contributed by atoms with van der Waals surface area (Å²) in [6, 6.07) is 0. The highest BCUT2D eigenvalue weighted by Gasteiger charge is 2.14. The van der Waals surface area contributed by atoms with Gasteiger partial charge in [-0.2, -0.15) is 0 Å². The van der Waals surface area contributed by atoms with E-state index in [1.54, 1.807) is 0 Å². The van der Waals surface area contributed by atoms with Crippen molar-refractivity contribution in [3.8, 4) is 0 Å². The van der Waals surface area contributed by atoms with Gasteiger partial charge in [0.15, 0.2) is 0 Å². The van der Waals surface area contributed by atoms with E-state index in [1.165, 1.54) is 24.4 Å². The molecule has 1 aromatic heterocycles. The summed E-state index contributed by atoms with van der Waals surface area (Å²) in [7, 11) is 0. The molecule has 0 N–H and O–H groups in total. The Morgan fingerprint density at radius 2 is 2.47 bits per heavy atom. The first-order valence-electron chi connectivity index (χ1n) is 5.02. The molecule has 1 unspecified atom stereocenters. The van der Waals surface area contributed by atoms with Crippen molar-refractivity contribution in [1.82, 2.24) is 9.59 Å². The Kier molecular flexibility index (Phi) is 4.31. The number of rotatable bonds is 4. The second kappa shape index (κ2) is 5.75. The Labute approximate surface area is 97.7 Å². The summed E-state index contributed by atoms with van der Waals surface area (Å²) in [5.41, 5.74) is 0.720. The fourth-order valence-electron chi connectivity index (χ4n) is 1.51. The molecule has 15 heavy (non-hydrogen) atoms. The third-order valence-electron chi connectivity index (χ3n) is 2.33. The van der Waals surface area contributed by atoms with Crippen LogP contribution in [0.5, 0.6) is 0 Å². The molecule has 0 aromatic carbocycles. The highest BCUT2D eigenvalue weighted by molar-refractivity contribution is 7.10. The number of hydrogen-bond acceptors (Lipinski definition) is 5. The van der Waals surface area contributed by atoms with Crippen LogP contribution in [0, 0.1) is 0 Å². The van der Waals surface area contributed by atoms with Crippen molar-refractivity contribution >= 4 is 23.1 Å². The molecule has 84 valence electrons. The molecule has 2 rings (SSSR count). The minimum Gasteiger partial charge on any atom is -0.376 e. The molecule has 1 aliphatic rings. The summed E-state index contributed by atoms with van der Waals surface area (Å²) in [5.74, 6) is 0. The van der Waals surface area contributed by atoms with Gasteiger partial charge in [0.2, 0.25) is 0 Å². The van der Waals surface area contributed by atoms with Gasteiger partial charge >= 0.3 is 0 Å². The zero-order valence-electron chi connectivity index (χ0n) is 8.32. The molecule has 1 aromatic rings. The van der Waals surface area contributed by atoms with Gasteiger partial charge in [0.05, 0.1) is 19.3 Å². The van der Waals surface area contributed by atoms with Crippen molar-refractivity contribution in [2.45, 2.75) is 32.0 Å². The molecular weight excluding hydrogens is 236 g/mol. The quantitative estimate of drug-likeness (QED) is 0.820. The van der Waals surface area contributed by atoms with Gasteiger partial charge in [-0.25, -0.2) is 0 Å². The lowest BCUT2D eigenvalue weighted by atomic mass is 10.1. The Morgan fingerprint density at radius 1 is 1.53 bits per heavy atom. The summed E-state index contributed by atoms with van der Waals surface area (Å²) >= 11 is 7.03. The lowest BCUT2D eigenvalue weighted by Gasteiger charge is -2.22. The van der Waals surface area contributed by atoms with Gasteiger partial charge in [-0.05, 0) is 19.3 Å². The zero-order valence-corrected chi connectivity index (χ0v) is 9.89. The van der Waals surface area contributed by atoms with E-state index in [4.69, 9.17) is 21.1 Å². The molecule has 6 heteroatoms. The zero-order chi connectivity index (χ0) is 10.5. The van der Waals surface area contributed by atoms with Gasteiger partial charge in [0.25, 0.3) is 0 Å². The van der Waals surface area contributed by atoms with Crippen LogP contribution in [0.25, 0.3) is 0 Å². The van der Waals surface area contributed by atoms with Crippen molar-refractivity contribution < 1.29 is 9.47 Å². The van der Waals surface area contributed by atoms with Crippen LogP contribution in [-0.4, -0.2) is 28.9 Å². The average Bonchev–Trinajstić information content (AvgIpc) is 2.66. The molecular formula is C9H13ClN2O2S. The predicted molar refractivity (Wildman–Crippen MR) is 58.2 cm³/mol. The molecule has 1 aliphatic heterocycles. The Hall–Kier alpha value is -0.230. The predicted octanol–water partition coefficient (Wildman–Crippen LogP) is 2.28. The molecule has 0 radical (unpaired) electrons. The van der Waals surface area contributed by atoms with Crippen LogP contribution in [0.4, 0.5) is 0 Å². The largest absolute Gasteiger partial charge is 0.376 e. The smallest absolute Gasteiger partial charge is 0.139 e. The standard InChI is InChI=1S/C9H13ClN2O2S/c10-9-8(11-12-15-9)6-13-5-7-3-1-2-4-14-7/h7H,1-6H2. The highest BCUT2D eigenvalue weighted by atomic mass is 35.5. The molecule has 2 heterocycles. The van der Waals surface area contributed by atoms with Crippen molar-refractivity contribution in [2.24, 2.45) is 0 Å². The molecule has 4 nitrogen and oxygen atoms in total. The van der Waals surface area contributed by atoms with E-state index in [9.17, 15) is 0 Å². The lowest BCUT2D eigenvalue weighted by molar-refractivity contribution is -0.0452. The van der Waals surface area contributed by atoms with Crippen LogP contribution >= 0.6 is 23.1 Å². The Bertz CT molecular complexity index is 302. The second-order valence-corrected chi connectivity index (χ2v) is 4.85. The van der Waals surface area contributed by atoms with E-state index in [1.807, 2.05) is 0 Å². The maximum Gasteiger partial charge on any atom is 0.139 e. The normalized spacial score (nSPS) is 21.8. The SMILES string of the molecule is Clc1snnc1COCC1CCCCO1. The summed E-state index contributed by atoms with van der Waals surface area (Å²) in [5, 5.41) is 3.87. The first-order valence-corrected chi connectivity index (χ1v) is 6.17. The summed E-state index contributed by atoms with van der Waals surface area (Å²) in [6.07, 6.45) is 3.72. The van der Waals surface area contributed by atoms with Crippen LogP contribution in [-0.2, 0) is 16.1 Å². The minimum atomic E-state index is 0.240. The number of ether oxygens (including phenoxy) is 2. The summed E-state index contributed by atoms with van der Waals surface area (Å²) in [6.45, 7) is 1.90. The van der Waals surface area contributed by atoms with E-state index in [0.717, 1.165) is 18.7 Å². The minimum absolute atomic E-state index is 0.240. The fourth-order valence-corrected chi connectivity index (χ4v) is 2.11.